The lowest BCUT2D eigenvalue weighted by molar-refractivity contribution is -0.132. The Hall–Kier alpha value is -1.84. The molecule has 0 unspecified atom stereocenters. The first-order valence-electron chi connectivity index (χ1n) is 9.11. The second kappa shape index (κ2) is 10.1. The summed E-state index contributed by atoms with van der Waals surface area (Å²) in [5.74, 6) is 1.89. The molecule has 1 saturated heterocycles. The second-order valence-electron chi connectivity index (χ2n) is 6.58. The number of carbonyl (C=O) groups excluding carboxylic acids is 2. The van der Waals surface area contributed by atoms with Gasteiger partial charge in [0.1, 0.15) is 5.76 Å². The highest BCUT2D eigenvalue weighted by atomic mass is 79.9. The number of nitrogens with one attached hydrogen (secondary N) is 1. The zero-order valence-corrected chi connectivity index (χ0v) is 18.1. The number of thioether (sulfide) groups is 1. The maximum Gasteiger partial charge on any atom is 0.239 e. The molecule has 3 rings (SSSR count). The van der Waals surface area contributed by atoms with E-state index in [4.69, 9.17) is 4.52 Å². The number of nitrogens with zero attached hydrogens (tertiary/aromatic N) is 3. The van der Waals surface area contributed by atoms with Crippen molar-refractivity contribution in [1.82, 2.24) is 15.0 Å². The smallest absolute Gasteiger partial charge is 0.239 e. The molecule has 1 aromatic heterocycles. The molecule has 150 valence electrons. The zero-order valence-electron chi connectivity index (χ0n) is 15.7. The van der Waals surface area contributed by atoms with E-state index in [1.807, 2.05) is 34.1 Å². The van der Waals surface area contributed by atoms with Gasteiger partial charge in [0.25, 0.3) is 0 Å². The maximum atomic E-state index is 12.4. The van der Waals surface area contributed by atoms with Gasteiger partial charge in [0.05, 0.1) is 6.54 Å². The van der Waals surface area contributed by atoms with Gasteiger partial charge < -0.3 is 14.7 Å². The minimum absolute atomic E-state index is 0.126. The van der Waals surface area contributed by atoms with Crippen LogP contribution in [-0.4, -0.2) is 65.2 Å². The molecule has 2 heterocycles. The predicted molar refractivity (Wildman–Crippen MR) is 112 cm³/mol. The summed E-state index contributed by atoms with van der Waals surface area (Å²) in [6.07, 6.45) is 0.521. The third-order valence-electron chi connectivity index (χ3n) is 4.39. The number of halogens is 1. The number of anilines is 1. The Morgan fingerprint density at radius 1 is 1.21 bits per heavy atom. The highest BCUT2D eigenvalue weighted by Gasteiger charge is 2.22. The number of piperazine rings is 1. The number of hydrogen-bond acceptors (Lipinski definition) is 6. The van der Waals surface area contributed by atoms with Gasteiger partial charge in [-0.05, 0) is 31.2 Å². The van der Waals surface area contributed by atoms with E-state index in [-0.39, 0.29) is 18.4 Å². The molecule has 2 amide bonds. The van der Waals surface area contributed by atoms with Gasteiger partial charge >= 0.3 is 0 Å². The van der Waals surface area contributed by atoms with Gasteiger partial charge in [-0.2, -0.15) is 0 Å². The number of aromatic nitrogens is 1. The van der Waals surface area contributed by atoms with Crippen LogP contribution in [0.5, 0.6) is 0 Å². The summed E-state index contributed by atoms with van der Waals surface area (Å²) in [6.45, 7) is 4.74. The molecular formula is C19H23BrN4O3S. The quantitative estimate of drug-likeness (QED) is 0.631. The third kappa shape index (κ3) is 6.35. The molecule has 1 fully saturated rings. The Morgan fingerprint density at radius 2 is 1.93 bits per heavy atom. The lowest BCUT2D eigenvalue weighted by atomic mass is 10.3. The molecule has 0 aliphatic carbocycles. The van der Waals surface area contributed by atoms with E-state index in [2.05, 4.69) is 26.4 Å². The molecule has 28 heavy (non-hydrogen) atoms. The first-order chi connectivity index (χ1) is 13.5. The normalized spacial score (nSPS) is 14.9. The average Bonchev–Trinajstić information content (AvgIpc) is 3.08. The van der Waals surface area contributed by atoms with Crippen LogP contribution in [0.15, 0.2) is 44.2 Å². The molecule has 9 heteroatoms. The molecule has 1 aliphatic rings. The molecule has 1 N–H and O–H groups in total. The number of carbonyl (C=O) groups is 2. The lowest BCUT2D eigenvalue weighted by Gasteiger charge is -2.34. The lowest BCUT2D eigenvalue weighted by Crippen LogP contribution is -2.50. The van der Waals surface area contributed by atoms with Crippen molar-refractivity contribution in [3.63, 3.8) is 0 Å². The van der Waals surface area contributed by atoms with E-state index in [1.165, 1.54) is 0 Å². The fourth-order valence-electron chi connectivity index (χ4n) is 2.91. The molecule has 1 aliphatic heterocycles. The van der Waals surface area contributed by atoms with Gasteiger partial charge in [0.15, 0.2) is 5.82 Å². The van der Waals surface area contributed by atoms with E-state index in [0.717, 1.165) is 15.1 Å². The number of hydrogen-bond donors (Lipinski definition) is 1. The van der Waals surface area contributed by atoms with Crippen molar-refractivity contribution in [1.29, 1.82) is 0 Å². The average molecular weight is 467 g/mol. The standard InChI is InChI=1S/C19H23BrN4O3S/c1-14-12-17(22-27-14)21-18(25)13-23-7-9-24(10-8-23)19(26)6-11-28-16-4-2-15(20)3-5-16/h2-5,12H,6-11,13H2,1H3,(H,21,22,25). The summed E-state index contributed by atoms with van der Waals surface area (Å²) < 4.78 is 5.99. The first kappa shape index (κ1) is 20.9. The van der Waals surface area contributed by atoms with Crippen LogP contribution in [0.1, 0.15) is 12.2 Å². The number of aryl methyl sites for hydroxylation is 1. The highest BCUT2D eigenvalue weighted by molar-refractivity contribution is 9.10. The van der Waals surface area contributed by atoms with Crippen molar-refractivity contribution >= 4 is 45.3 Å². The Bertz CT molecular complexity index is 804. The molecule has 0 atom stereocenters. The summed E-state index contributed by atoms with van der Waals surface area (Å²) in [6, 6.07) is 9.78. The third-order valence-corrected chi connectivity index (χ3v) is 5.93. The first-order valence-corrected chi connectivity index (χ1v) is 10.9. The minimum atomic E-state index is -0.126. The zero-order chi connectivity index (χ0) is 19.9. The highest BCUT2D eigenvalue weighted by Crippen LogP contribution is 2.21. The monoisotopic (exact) mass is 466 g/mol. The Labute approximate surface area is 176 Å². The predicted octanol–water partition coefficient (Wildman–Crippen LogP) is 3.01. The topological polar surface area (TPSA) is 78.7 Å². The summed E-state index contributed by atoms with van der Waals surface area (Å²) in [5.41, 5.74) is 0. The van der Waals surface area contributed by atoms with Crippen molar-refractivity contribution in [3.8, 4) is 0 Å². The molecule has 7 nitrogen and oxygen atoms in total. The van der Waals surface area contributed by atoms with Gasteiger partial charge in [0.2, 0.25) is 11.8 Å². The molecule has 1 aromatic carbocycles. The maximum absolute atomic E-state index is 12.4. The van der Waals surface area contributed by atoms with Crippen molar-refractivity contribution in [2.24, 2.45) is 0 Å². The van der Waals surface area contributed by atoms with Crippen LogP contribution >= 0.6 is 27.7 Å². The minimum Gasteiger partial charge on any atom is -0.360 e. The fraction of sp³-hybridized carbons (Fsp3) is 0.421. The van der Waals surface area contributed by atoms with Gasteiger partial charge in [0, 0.05) is 53.8 Å². The largest absolute Gasteiger partial charge is 0.360 e. The molecular weight excluding hydrogens is 444 g/mol. The van der Waals surface area contributed by atoms with Crippen LogP contribution in [0.3, 0.4) is 0 Å². The number of amides is 2. The fourth-order valence-corrected chi connectivity index (χ4v) is 4.02. The molecule has 0 saturated carbocycles. The van der Waals surface area contributed by atoms with Crippen LogP contribution in [-0.2, 0) is 9.59 Å². The number of benzene rings is 1. The Kier molecular flexibility index (Phi) is 7.52. The summed E-state index contributed by atoms with van der Waals surface area (Å²) in [7, 11) is 0. The van der Waals surface area contributed by atoms with E-state index in [1.54, 1.807) is 24.8 Å². The van der Waals surface area contributed by atoms with Crippen LogP contribution in [0, 0.1) is 6.92 Å². The Balaban J connectivity index is 1.34. The second-order valence-corrected chi connectivity index (χ2v) is 8.66. The molecule has 0 radical (unpaired) electrons. The van der Waals surface area contributed by atoms with Crippen molar-refractivity contribution in [2.75, 3.05) is 43.8 Å². The van der Waals surface area contributed by atoms with Gasteiger partial charge in [-0.1, -0.05) is 21.1 Å². The molecule has 0 spiro atoms. The van der Waals surface area contributed by atoms with Crippen LogP contribution in [0.25, 0.3) is 0 Å². The summed E-state index contributed by atoms with van der Waals surface area (Å²) in [5, 5.41) is 6.48. The van der Waals surface area contributed by atoms with E-state index in [9.17, 15) is 9.59 Å². The van der Waals surface area contributed by atoms with Crippen molar-refractivity contribution < 1.29 is 14.1 Å². The van der Waals surface area contributed by atoms with E-state index < -0.39 is 0 Å². The van der Waals surface area contributed by atoms with Crippen molar-refractivity contribution in [3.05, 3.63) is 40.6 Å². The van der Waals surface area contributed by atoms with E-state index in [0.29, 0.717) is 44.2 Å². The van der Waals surface area contributed by atoms with Crippen LogP contribution in [0.2, 0.25) is 0 Å². The van der Waals surface area contributed by atoms with Crippen LogP contribution < -0.4 is 5.32 Å². The summed E-state index contributed by atoms with van der Waals surface area (Å²) >= 11 is 5.11. The van der Waals surface area contributed by atoms with Crippen LogP contribution in [0.4, 0.5) is 5.82 Å². The van der Waals surface area contributed by atoms with Gasteiger partial charge in [-0.25, -0.2) is 0 Å². The van der Waals surface area contributed by atoms with Gasteiger partial charge in [-0.3, -0.25) is 14.5 Å². The molecule has 2 aromatic rings. The van der Waals surface area contributed by atoms with E-state index >= 15 is 0 Å². The summed E-state index contributed by atoms with van der Waals surface area (Å²) in [4.78, 5) is 29.6. The molecule has 0 bridgehead atoms. The SMILES string of the molecule is Cc1cc(NC(=O)CN2CCN(C(=O)CCSc3ccc(Br)cc3)CC2)no1. The van der Waals surface area contributed by atoms with Crippen molar-refractivity contribution in [2.45, 2.75) is 18.2 Å². The van der Waals surface area contributed by atoms with Gasteiger partial charge in [-0.15, -0.1) is 11.8 Å². The number of rotatable bonds is 7. The Morgan fingerprint density at radius 3 is 2.57 bits per heavy atom.